The molecular weight excluding hydrogens is 208 g/mol. The number of hydrogen-bond donors (Lipinski definition) is 1. The van der Waals surface area contributed by atoms with Gasteiger partial charge in [-0.1, -0.05) is 0 Å². The van der Waals surface area contributed by atoms with Crippen LogP contribution in [0, 0.1) is 0 Å². The Kier molecular flexibility index (Phi) is 5.56. The maximum atomic E-state index is 11.1. The molecule has 0 unspecified atom stereocenters. The first-order valence-corrected chi connectivity index (χ1v) is 5.54. The molecule has 0 bridgehead atoms. The summed E-state index contributed by atoms with van der Waals surface area (Å²) in [6.45, 7) is 2.93. The fourth-order valence-electron chi connectivity index (χ4n) is 1.38. The Bertz CT molecular complexity index is 323. The third kappa shape index (κ3) is 4.44. The molecule has 0 amide bonds. The molecule has 1 aromatic heterocycles. The molecule has 1 N–H and O–H groups in total. The summed E-state index contributed by atoms with van der Waals surface area (Å²) >= 11 is 0. The average Bonchev–Trinajstić information content (AvgIpc) is 2.72. The highest BCUT2D eigenvalue weighted by molar-refractivity contribution is 5.69. The minimum atomic E-state index is -0.199. The normalized spacial score (nSPS) is 10.4. The molecule has 5 heteroatoms. The second-order valence-electron chi connectivity index (χ2n) is 3.49. The van der Waals surface area contributed by atoms with E-state index < -0.39 is 0 Å². The van der Waals surface area contributed by atoms with Crippen LogP contribution in [0.4, 0.5) is 0 Å². The van der Waals surface area contributed by atoms with Crippen molar-refractivity contribution in [3.63, 3.8) is 0 Å². The summed E-state index contributed by atoms with van der Waals surface area (Å²) in [6.07, 6.45) is 5.56. The summed E-state index contributed by atoms with van der Waals surface area (Å²) in [5.74, 6) is -0.199. The van der Waals surface area contributed by atoms with Crippen LogP contribution in [0.25, 0.3) is 0 Å². The first-order chi connectivity index (χ1) is 7.76. The molecule has 0 aliphatic heterocycles. The van der Waals surface area contributed by atoms with Gasteiger partial charge >= 0.3 is 5.97 Å². The van der Waals surface area contributed by atoms with E-state index >= 15 is 0 Å². The lowest BCUT2D eigenvalue weighted by molar-refractivity contribution is -0.143. The van der Waals surface area contributed by atoms with Crippen molar-refractivity contribution in [3.8, 4) is 0 Å². The Morgan fingerprint density at radius 2 is 2.44 bits per heavy atom. The molecule has 16 heavy (non-hydrogen) atoms. The fourth-order valence-corrected chi connectivity index (χ4v) is 1.38. The number of esters is 1. The van der Waals surface area contributed by atoms with Gasteiger partial charge in [-0.25, -0.2) is 0 Å². The van der Waals surface area contributed by atoms with Crippen molar-refractivity contribution in [2.45, 2.75) is 32.7 Å². The van der Waals surface area contributed by atoms with Crippen LogP contribution < -0.4 is 0 Å². The number of nitrogens with zero attached hydrogens (tertiary/aromatic N) is 2. The van der Waals surface area contributed by atoms with E-state index in [1.165, 1.54) is 0 Å². The predicted molar refractivity (Wildman–Crippen MR) is 58.9 cm³/mol. The van der Waals surface area contributed by atoms with Crippen LogP contribution in [0.1, 0.15) is 25.3 Å². The summed E-state index contributed by atoms with van der Waals surface area (Å²) in [5, 5.41) is 12.8. The smallest absolute Gasteiger partial charge is 0.307 e. The molecule has 90 valence electrons. The van der Waals surface area contributed by atoms with E-state index in [1.807, 2.05) is 6.20 Å². The second-order valence-corrected chi connectivity index (χ2v) is 3.49. The van der Waals surface area contributed by atoms with Crippen LogP contribution >= 0.6 is 0 Å². The highest BCUT2D eigenvalue weighted by Gasteiger charge is 2.03. The zero-order chi connectivity index (χ0) is 11.8. The second kappa shape index (κ2) is 7.00. The van der Waals surface area contributed by atoms with Crippen molar-refractivity contribution in [1.29, 1.82) is 0 Å². The zero-order valence-electron chi connectivity index (χ0n) is 9.56. The summed E-state index contributed by atoms with van der Waals surface area (Å²) in [4.78, 5) is 11.1. The molecule has 5 nitrogen and oxygen atoms in total. The molecule has 0 radical (unpaired) electrons. The summed E-state index contributed by atoms with van der Waals surface area (Å²) in [6, 6.07) is 0. The molecule has 0 fully saturated rings. The molecular formula is C11H18N2O3. The Morgan fingerprint density at radius 1 is 1.62 bits per heavy atom. The van der Waals surface area contributed by atoms with Crippen LogP contribution in [-0.2, 0) is 22.5 Å². The van der Waals surface area contributed by atoms with Crippen molar-refractivity contribution in [3.05, 3.63) is 18.0 Å². The number of aryl methyl sites for hydroxylation is 2. The maximum absolute atomic E-state index is 11.1. The van der Waals surface area contributed by atoms with Gasteiger partial charge < -0.3 is 9.84 Å². The molecule has 0 aliphatic rings. The molecule has 0 atom stereocenters. The van der Waals surface area contributed by atoms with Crippen molar-refractivity contribution in [2.24, 2.45) is 0 Å². The molecule has 0 saturated heterocycles. The maximum Gasteiger partial charge on any atom is 0.307 e. The molecule has 1 aromatic rings. The number of aromatic nitrogens is 2. The third-order valence-electron chi connectivity index (χ3n) is 2.16. The van der Waals surface area contributed by atoms with Gasteiger partial charge in [-0.05, 0) is 25.3 Å². The standard InChI is InChI=1S/C11H18N2O3/c1-2-16-11(15)5-6-13-9-10(8-12-13)4-3-7-14/h8-9,14H,2-7H2,1H3. The number of carbonyl (C=O) groups excluding carboxylic acids is 1. The summed E-state index contributed by atoms with van der Waals surface area (Å²) in [7, 11) is 0. The van der Waals surface area contributed by atoms with E-state index in [4.69, 9.17) is 9.84 Å². The Morgan fingerprint density at radius 3 is 3.12 bits per heavy atom. The molecule has 1 rings (SSSR count). The SMILES string of the molecule is CCOC(=O)CCn1cc(CCCO)cn1. The number of hydrogen-bond acceptors (Lipinski definition) is 4. The molecule has 1 heterocycles. The van der Waals surface area contributed by atoms with Crippen molar-refractivity contribution >= 4 is 5.97 Å². The Balaban J connectivity index is 2.31. The van der Waals surface area contributed by atoms with Crippen molar-refractivity contribution < 1.29 is 14.6 Å². The largest absolute Gasteiger partial charge is 0.466 e. The fraction of sp³-hybridized carbons (Fsp3) is 0.636. The highest BCUT2D eigenvalue weighted by atomic mass is 16.5. The van der Waals surface area contributed by atoms with E-state index in [0.717, 1.165) is 18.4 Å². The van der Waals surface area contributed by atoms with Gasteiger partial charge in [0.25, 0.3) is 0 Å². The van der Waals surface area contributed by atoms with Crippen LogP contribution in [0.3, 0.4) is 0 Å². The van der Waals surface area contributed by atoms with E-state index in [-0.39, 0.29) is 12.6 Å². The van der Waals surface area contributed by atoms with Gasteiger partial charge in [-0.15, -0.1) is 0 Å². The topological polar surface area (TPSA) is 64.3 Å². The van der Waals surface area contributed by atoms with Crippen LogP contribution in [0.15, 0.2) is 12.4 Å². The zero-order valence-corrected chi connectivity index (χ0v) is 9.56. The number of carbonyl (C=O) groups is 1. The van der Waals surface area contributed by atoms with Crippen LogP contribution in [0.2, 0.25) is 0 Å². The van der Waals surface area contributed by atoms with E-state index in [9.17, 15) is 4.79 Å². The first-order valence-electron chi connectivity index (χ1n) is 5.54. The van der Waals surface area contributed by atoms with Gasteiger partial charge in [0.1, 0.15) is 0 Å². The molecule has 0 spiro atoms. The molecule has 0 aromatic carbocycles. The molecule has 0 saturated carbocycles. The van der Waals surface area contributed by atoms with Crippen molar-refractivity contribution in [1.82, 2.24) is 9.78 Å². The lowest BCUT2D eigenvalue weighted by Gasteiger charge is -2.01. The van der Waals surface area contributed by atoms with Gasteiger partial charge in [0, 0.05) is 12.8 Å². The van der Waals surface area contributed by atoms with Crippen LogP contribution in [0.5, 0.6) is 0 Å². The predicted octanol–water partition coefficient (Wildman–Crippen LogP) is 0.761. The average molecular weight is 226 g/mol. The van der Waals surface area contributed by atoms with Gasteiger partial charge in [0.15, 0.2) is 0 Å². The lowest BCUT2D eigenvalue weighted by atomic mass is 10.2. The monoisotopic (exact) mass is 226 g/mol. The Hall–Kier alpha value is -1.36. The van der Waals surface area contributed by atoms with E-state index in [2.05, 4.69) is 5.10 Å². The number of ether oxygens (including phenoxy) is 1. The van der Waals surface area contributed by atoms with Gasteiger partial charge in [0.05, 0.1) is 25.8 Å². The van der Waals surface area contributed by atoms with Gasteiger partial charge in [-0.3, -0.25) is 9.48 Å². The number of rotatable bonds is 7. The van der Waals surface area contributed by atoms with Crippen molar-refractivity contribution in [2.75, 3.05) is 13.2 Å². The van der Waals surface area contributed by atoms with Gasteiger partial charge in [-0.2, -0.15) is 5.10 Å². The Labute approximate surface area is 95.0 Å². The first kappa shape index (κ1) is 12.7. The number of aliphatic hydroxyl groups excluding tert-OH is 1. The lowest BCUT2D eigenvalue weighted by Crippen LogP contribution is -2.09. The minimum absolute atomic E-state index is 0.188. The quantitative estimate of drug-likeness (QED) is 0.697. The third-order valence-corrected chi connectivity index (χ3v) is 2.16. The number of aliphatic hydroxyl groups is 1. The van der Waals surface area contributed by atoms with E-state index in [1.54, 1.807) is 17.8 Å². The van der Waals surface area contributed by atoms with Crippen LogP contribution in [-0.4, -0.2) is 34.1 Å². The van der Waals surface area contributed by atoms with E-state index in [0.29, 0.717) is 19.6 Å². The summed E-state index contributed by atoms with van der Waals surface area (Å²) < 4.78 is 6.55. The highest BCUT2D eigenvalue weighted by Crippen LogP contribution is 2.02. The minimum Gasteiger partial charge on any atom is -0.466 e. The molecule has 0 aliphatic carbocycles. The van der Waals surface area contributed by atoms with Gasteiger partial charge in [0.2, 0.25) is 0 Å². The summed E-state index contributed by atoms with van der Waals surface area (Å²) in [5.41, 5.74) is 1.08.